The lowest BCUT2D eigenvalue weighted by Gasteiger charge is -2.19. The number of benzene rings is 1. The number of nitrogens with one attached hydrogen (secondary N) is 2. The zero-order valence-electron chi connectivity index (χ0n) is 14.2. The van der Waals surface area contributed by atoms with E-state index in [1.165, 1.54) is 37.4 Å². The maximum Gasteiger partial charge on any atom is 0.270 e. The molecule has 5 nitrogen and oxygen atoms in total. The van der Waals surface area contributed by atoms with Gasteiger partial charge in [0.2, 0.25) is 5.91 Å². The third-order valence-electron chi connectivity index (χ3n) is 5.16. The number of thioether (sulfide) groups is 1. The number of carbonyl (C=O) groups excluding carboxylic acids is 1. The van der Waals surface area contributed by atoms with Crippen LogP contribution in [0.2, 0.25) is 0 Å². The standard InChI is InChI=1S/C19H23N3O2S/c23-15-12-25-17(13-8-4-3-5-9-13)16-18(20-15)22(21-19(16)24)14-10-6-1-2-7-11-14/h3-5,8-9,14,17H,1-2,6-7,10-12H2,(H,20,23)(H,21,24)/t17-/m0/s1. The van der Waals surface area contributed by atoms with Gasteiger partial charge in [0.1, 0.15) is 5.82 Å². The van der Waals surface area contributed by atoms with E-state index in [9.17, 15) is 9.59 Å². The molecule has 1 aliphatic carbocycles. The molecule has 6 heteroatoms. The van der Waals surface area contributed by atoms with E-state index in [1.54, 1.807) is 0 Å². The molecular weight excluding hydrogens is 334 g/mol. The van der Waals surface area contributed by atoms with Crippen molar-refractivity contribution in [1.82, 2.24) is 9.78 Å². The van der Waals surface area contributed by atoms with E-state index in [0.717, 1.165) is 18.4 Å². The van der Waals surface area contributed by atoms with Gasteiger partial charge >= 0.3 is 0 Å². The summed E-state index contributed by atoms with van der Waals surface area (Å²) < 4.78 is 1.95. The number of nitrogens with zero attached hydrogens (tertiary/aromatic N) is 1. The first-order chi connectivity index (χ1) is 12.2. The minimum atomic E-state index is -0.120. The fraction of sp³-hybridized carbons (Fsp3) is 0.474. The van der Waals surface area contributed by atoms with Crippen molar-refractivity contribution >= 4 is 23.5 Å². The number of amides is 1. The molecule has 2 N–H and O–H groups in total. The molecule has 1 fully saturated rings. The number of aromatic nitrogens is 2. The Morgan fingerprint density at radius 3 is 2.44 bits per heavy atom. The molecule has 0 bridgehead atoms. The van der Waals surface area contributed by atoms with Gasteiger partial charge in [0, 0.05) is 0 Å². The quantitative estimate of drug-likeness (QED) is 0.803. The second kappa shape index (κ2) is 7.12. The second-order valence-electron chi connectivity index (χ2n) is 6.87. The molecule has 132 valence electrons. The van der Waals surface area contributed by atoms with Crippen molar-refractivity contribution < 1.29 is 4.79 Å². The Kier molecular flexibility index (Phi) is 4.70. The van der Waals surface area contributed by atoms with Gasteiger partial charge in [-0.05, 0) is 18.4 Å². The van der Waals surface area contributed by atoms with Crippen molar-refractivity contribution in [3.63, 3.8) is 0 Å². The topological polar surface area (TPSA) is 66.9 Å². The number of anilines is 1. The fourth-order valence-electron chi connectivity index (χ4n) is 3.92. The van der Waals surface area contributed by atoms with Gasteiger partial charge in [-0.1, -0.05) is 56.0 Å². The van der Waals surface area contributed by atoms with Crippen LogP contribution in [-0.2, 0) is 4.79 Å². The van der Waals surface area contributed by atoms with Crippen LogP contribution in [0.4, 0.5) is 5.82 Å². The van der Waals surface area contributed by atoms with E-state index >= 15 is 0 Å². The summed E-state index contributed by atoms with van der Waals surface area (Å²) in [6.07, 6.45) is 6.94. The maximum absolute atomic E-state index is 12.8. The predicted octanol–water partition coefficient (Wildman–Crippen LogP) is 3.85. The lowest BCUT2D eigenvalue weighted by Crippen LogP contribution is -2.19. The van der Waals surface area contributed by atoms with E-state index < -0.39 is 0 Å². The van der Waals surface area contributed by atoms with Crippen molar-refractivity contribution in [2.45, 2.75) is 49.8 Å². The molecule has 1 aliphatic heterocycles. The van der Waals surface area contributed by atoms with Crippen LogP contribution in [0.1, 0.15) is 60.9 Å². The summed E-state index contributed by atoms with van der Waals surface area (Å²) in [5.74, 6) is 1.00. The second-order valence-corrected chi connectivity index (χ2v) is 7.96. The Morgan fingerprint density at radius 1 is 1.00 bits per heavy atom. The van der Waals surface area contributed by atoms with Crippen LogP contribution in [0.5, 0.6) is 0 Å². The molecule has 1 atom stereocenters. The number of H-pyrrole nitrogens is 1. The Labute approximate surface area is 151 Å². The Balaban J connectivity index is 1.80. The first-order valence-corrected chi connectivity index (χ1v) is 10.1. The molecule has 0 saturated heterocycles. The van der Waals surface area contributed by atoms with Crippen LogP contribution in [0.25, 0.3) is 0 Å². The van der Waals surface area contributed by atoms with E-state index in [-0.39, 0.29) is 22.8 Å². The molecule has 2 aliphatic rings. The molecule has 1 saturated carbocycles. The molecule has 0 radical (unpaired) electrons. The molecular formula is C19H23N3O2S. The largest absolute Gasteiger partial charge is 0.310 e. The Morgan fingerprint density at radius 2 is 1.72 bits per heavy atom. The van der Waals surface area contributed by atoms with Gasteiger partial charge in [-0.3, -0.25) is 19.4 Å². The maximum atomic E-state index is 12.8. The predicted molar refractivity (Wildman–Crippen MR) is 101 cm³/mol. The van der Waals surface area contributed by atoms with Crippen molar-refractivity contribution in [3.8, 4) is 0 Å². The van der Waals surface area contributed by atoms with Gasteiger partial charge in [-0.15, -0.1) is 11.8 Å². The number of aromatic amines is 1. The SMILES string of the molecule is O=C1CS[C@@H](c2ccccc2)c2c(n(C3CCCCCC3)[nH]c2=O)N1. The van der Waals surface area contributed by atoms with Crippen molar-refractivity contribution in [3.05, 3.63) is 51.8 Å². The third kappa shape index (κ3) is 3.27. The van der Waals surface area contributed by atoms with E-state index in [2.05, 4.69) is 10.4 Å². The third-order valence-corrected chi connectivity index (χ3v) is 6.43. The van der Waals surface area contributed by atoms with Crippen LogP contribution in [-0.4, -0.2) is 21.4 Å². The van der Waals surface area contributed by atoms with E-state index in [1.807, 2.05) is 35.0 Å². The monoisotopic (exact) mass is 357 g/mol. The summed E-state index contributed by atoms with van der Waals surface area (Å²) in [6, 6.07) is 10.2. The number of hydrogen-bond acceptors (Lipinski definition) is 3. The lowest BCUT2D eigenvalue weighted by atomic mass is 10.1. The highest BCUT2D eigenvalue weighted by Crippen LogP contribution is 2.41. The van der Waals surface area contributed by atoms with Gasteiger partial charge in [0.25, 0.3) is 5.56 Å². The molecule has 4 rings (SSSR count). The van der Waals surface area contributed by atoms with Crippen LogP contribution >= 0.6 is 11.8 Å². The minimum absolute atomic E-state index is 0.0361. The van der Waals surface area contributed by atoms with Crippen molar-refractivity contribution in [2.75, 3.05) is 11.1 Å². The van der Waals surface area contributed by atoms with Crippen LogP contribution in [0.15, 0.2) is 35.1 Å². The van der Waals surface area contributed by atoms with Crippen LogP contribution in [0, 0.1) is 0 Å². The van der Waals surface area contributed by atoms with Gasteiger partial charge in [-0.2, -0.15) is 0 Å². The lowest BCUT2D eigenvalue weighted by molar-refractivity contribution is -0.113. The summed E-state index contributed by atoms with van der Waals surface area (Å²) >= 11 is 1.52. The van der Waals surface area contributed by atoms with Gasteiger partial charge in [-0.25, -0.2) is 0 Å². The Bertz CT molecular complexity index is 804. The summed E-state index contributed by atoms with van der Waals surface area (Å²) in [4.78, 5) is 25.1. The Hall–Kier alpha value is -1.95. The number of carbonyl (C=O) groups is 1. The number of rotatable bonds is 2. The minimum Gasteiger partial charge on any atom is -0.310 e. The number of fused-ring (bicyclic) bond motifs is 1. The summed E-state index contributed by atoms with van der Waals surface area (Å²) in [5.41, 5.74) is 1.67. The highest BCUT2D eigenvalue weighted by molar-refractivity contribution is 8.00. The van der Waals surface area contributed by atoms with Crippen LogP contribution < -0.4 is 10.9 Å². The zero-order valence-corrected chi connectivity index (χ0v) is 15.0. The molecule has 1 aromatic carbocycles. The highest BCUT2D eigenvalue weighted by atomic mass is 32.2. The molecule has 1 aromatic heterocycles. The summed E-state index contributed by atoms with van der Waals surface area (Å²) in [7, 11) is 0. The van der Waals surface area contributed by atoms with Gasteiger partial charge in [0.05, 0.1) is 22.6 Å². The van der Waals surface area contributed by atoms with E-state index in [0.29, 0.717) is 17.1 Å². The fourth-order valence-corrected chi connectivity index (χ4v) is 5.05. The molecule has 25 heavy (non-hydrogen) atoms. The smallest absolute Gasteiger partial charge is 0.270 e. The highest BCUT2D eigenvalue weighted by Gasteiger charge is 2.32. The van der Waals surface area contributed by atoms with Crippen molar-refractivity contribution in [1.29, 1.82) is 0 Å². The van der Waals surface area contributed by atoms with Crippen LogP contribution in [0.3, 0.4) is 0 Å². The average molecular weight is 357 g/mol. The normalized spacial score (nSPS) is 21.9. The number of hydrogen-bond donors (Lipinski definition) is 2. The summed E-state index contributed by atoms with van der Waals surface area (Å²) in [6.45, 7) is 0. The summed E-state index contributed by atoms with van der Waals surface area (Å²) in [5, 5.41) is 5.92. The first-order valence-electron chi connectivity index (χ1n) is 9.05. The first kappa shape index (κ1) is 16.5. The van der Waals surface area contributed by atoms with E-state index in [4.69, 9.17) is 0 Å². The molecule has 2 heterocycles. The van der Waals surface area contributed by atoms with Crippen molar-refractivity contribution in [2.24, 2.45) is 0 Å². The molecule has 0 unspecified atom stereocenters. The molecule has 2 aromatic rings. The zero-order chi connectivity index (χ0) is 17.2. The molecule has 1 amide bonds. The van der Waals surface area contributed by atoms with Gasteiger partial charge < -0.3 is 5.32 Å². The van der Waals surface area contributed by atoms with Gasteiger partial charge in [0.15, 0.2) is 0 Å². The molecule has 0 spiro atoms. The average Bonchev–Trinajstić information content (AvgIpc) is 2.84.